The Bertz CT molecular complexity index is 450. The molecule has 19 heavy (non-hydrogen) atoms. The quantitative estimate of drug-likeness (QED) is 0.617. The predicted octanol–water partition coefficient (Wildman–Crippen LogP) is 2.44. The van der Waals surface area contributed by atoms with Gasteiger partial charge in [0, 0.05) is 6.08 Å². The minimum absolute atomic E-state index is 0.195. The van der Waals surface area contributed by atoms with E-state index in [-0.39, 0.29) is 18.7 Å². The number of hydrogen-bond acceptors (Lipinski definition) is 4. The lowest BCUT2D eigenvalue weighted by atomic mass is 10.2. The third-order valence-electron chi connectivity index (χ3n) is 2.70. The first-order chi connectivity index (χ1) is 9.05. The summed E-state index contributed by atoms with van der Waals surface area (Å²) in [6, 6.07) is 9.56. The lowest BCUT2D eigenvalue weighted by Crippen LogP contribution is -2.20. The second-order valence-corrected chi connectivity index (χ2v) is 4.82. The van der Waals surface area contributed by atoms with Crippen molar-refractivity contribution in [1.29, 1.82) is 0 Å². The molecule has 1 aliphatic heterocycles. The molecule has 0 bridgehead atoms. The van der Waals surface area contributed by atoms with Gasteiger partial charge >= 0.3 is 5.97 Å². The molecular formula is C15H18O4. The maximum Gasteiger partial charge on any atom is 0.330 e. The first-order valence-electron chi connectivity index (χ1n) is 6.26. The fourth-order valence-electron chi connectivity index (χ4n) is 1.77. The zero-order valence-electron chi connectivity index (χ0n) is 11.2. The molecule has 0 spiro atoms. The average molecular weight is 262 g/mol. The van der Waals surface area contributed by atoms with Crippen molar-refractivity contribution < 1.29 is 19.0 Å². The van der Waals surface area contributed by atoms with Crippen molar-refractivity contribution in [2.75, 3.05) is 6.61 Å². The molecule has 1 heterocycles. The molecule has 0 aromatic heterocycles. The highest BCUT2D eigenvalue weighted by atomic mass is 16.7. The van der Waals surface area contributed by atoms with E-state index < -0.39 is 5.79 Å². The first kappa shape index (κ1) is 13.8. The van der Waals surface area contributed by atoms with Crippen molar-refractivity contribution in [2.45, 2.75) is 32.3 Å². The maximum atomic E-state index is 11.5. The number of carbonyl (C=O) groups is 1. The molecule has 1 saturated heterocycles. The minimum Gasteiger partial charge on any atom is -0.458 e. The van der Waals surface area contributed by atoms with Crippen LogP contribution in [-0.4, -0.2) is 24.5 Å². The lowest BCUT2D eigenvalue weighted by molar-refractivity contribution is -0.139. The first-order valence-corrected chi connectivity index (χ1v) is 6.26. The molecule has 0 aliphatic carbocycles. The summed E-state index contributed by atoms with van der Waals surface area (Å²) in [6.45, 7) is 4.41. The molecule has 102 valence electrons. The summed E-state index contributed by atoms with van der Waals surface area (Å²) in [7, 11) is 0. The van der Waals surface area contributed by atoms with Gasteiger partial charge in [-0.05, 0) is 25.5 Å². The van der Waals surface area contributed by atoms with Gasteiger partial charge in [0.05, 0.1) is 6.61 Å². The van der Waals surface area contributed by atoms with Gasteiger partial charge in [-0.15, -0.1) is 0 Å². The molecule has 1 aromatic rings. The van der Waals surface area contributed by atoms with Gasteiger partial charge in [-0.1, -0.05) is 30.3 Å². The third-order valence-corrected chi connectivity index (χ3v) is 2.70. The SMILES string of the molecule is CC1(C)OC[C@H](/C=C/C(=O)OCc2ccccc2)O1. The van der Waals surface area contributed by atoms with Crippen LogP contribution < -0.4 is 0 Å². The molecule has 0 radical (unpaired) electrons. The Kier molecular flexibility index (Phi) is 4.35. The number of hydrogen-bond donors (Lipinski definition) is 0. The van der Waals surface area contributed by atoms with E-state index in [9.17, 15) is 4.79 Å². The molecule has 4 nitrogen and oxygen atoms in total. The van der Waals surface area contributed by atoms with Crippen LogP contribution in [0.2, 0.25) is 0 Å². The van der Waals surface area contributed by atoms with Gasteiger partial charge in [0.15, 0.2) is 5.79 Å². The summed E-state index contributed by atoms with van der Waals surface area (Å²) in [6.07, 6.45) is 2.86. The van der Waals surface area contributed by atoms with Crippen LogP contribution in [0.5, 0.6) is 0 Å². The van der Waals surface area contributed by atoms with E-state index in [1.165, 1.54) is 6.08 Å². The largest absolute Gasteiger partial charge is 0.458 e. The van der Waals surface area contributed by atoms with Crippen molar-refractivity contribution in [2.24, 2.45) is 0 Å². The van der Waals surface area contributed by atoms with Crippen LogP contribution in [0.4, 0.5) is 0 Å². The molecule has 0 amide bonds. The summed E-state index contributed by atoms with van der Waals surface area (Å²) in [5.74, 6) is -0.958. The molecule has 4 heteroatoms. The van der Waals surface area contributed by atoms with Gasteiger partial charge in [0.2, 0.25) is 0 Å². The molecule has 1 atom stereocenters. The minimum atomic E-state index is -0.580. The highest BCUT2D eigenvalue weighted by Crippen LogP contribution is 2.22. The van der Waals surface area contributed by atoms with E-state index in [1.807, 2.05) is 44.2 Å². The Morgan fingerprint density at radius 1 is 1.42 bits per heavy atom. The number of benzene rings is 1. The molecule has 1 fully saturated rings. The summed E-state index contributed by atoms with van der Waals surface area (Å²) in [5, 5.41) is 0. The summed E-state index contributed by atoms with van der Waals surface area (Å²) < 4.78 is 16.1. The van der Waals surface area contributed by atoms with Gasteiger partial charge in [-0.2, -0.15) is 0 Å². The fraction of sp³-hybridized carbons (Fsp3) is 0.400. The van der Waals surface area contributed by atoms with Crippen LogP contribution in [0.1, 0.15) is 19.4 Å². The van der Waals surface area contributed by atoms with Crippen LogP contribution in [0.25, 0.3) is 0 Å². The van der Waals surface area contributed by atoms with E-state index in [4.69, 9.17) is 14.2 Å². The molecule has 2 rings (SSSR count). The van der Waals surface area contributed by atoms with Gasteiger partial charge in [0.25, 0.3) is 0 Å². The maximum absolute atomic E-state index is 11.5. The Morgan fingerprint density at radius 3 is 2.79 bits per heavy atom. The van der Waals surface area contributed by atoms with E-state index >= 15 is 0 Å². The highest BCUT2D eigenvalue weighted by molar-refractivity contribution is 5.82. The third kappa shape index (κ3) is 4.50. The zero-order valence-corrected chi connectivity index (χ0v) is 11.2. The Morgan fingerprint density at radius 2 is 2.16 bits per heavy atom. The van der Waals surface area contributed by atoms with Crippen LogP contribution in [0.3, 0.4) is 0 Å². The molecule has 1 aliphatic rings. The van der Waals surface area contributed by atoms with Gasteiger partial charge in [-0.25, -0.2) is 4.79 Å². The van der Waals surface area contributed by atoms with E-state index in [0.717, 1.165) is 5.56 Å². The molecule has 0 N–H and O–H groups in total. The zero-order chi connectivity index (χ0) is 13.7. The highest BCUT2D eigenvalue weighted by Gasteiger charge is 2.31. The second kappa shape index (κ2) is 5.99. The standard InChI is InChI=1S/C15H18O4/c1-15(2)18-11-13(19-15)8-9-14(16)17-10-12-6-4-3-5-7-12/h3-9,13H,10-11H2,1-2H3/b9-8+/t13-/m0/s1. The summed E-state index contributed by atoms with van der Waals surface area (Å²) >= 11 is 0. The number of carbonyl (C=O) groups excluding carboxylic acids is 1. The van der Waals surface area contributed by atoms with Gasteiger partial charge < -0.3 is 14.2 Å². The number of ether oxygens (including phenoxy) is 3. The van der Waals surface area contributed by atoms with Crippen LogP contribution in [0.15, 0.2) is 42.5 Å². The van der Waals surface area contributed by atoms with Crippen LogP contribution >= 0.6 is 0 Å². The fourth-order valence-corrected chi connectivity index (χ4v) is 1.77. The summed E-state index contributed by atoms with van der Waals surface area (Å²) in [4.78, 5) is 11.5. The number of rotatable bonds is 4. The Hall–Kier alpha value is -1.65. The van der Waals surface area contributed by atoms with E-state index in [1.54, 1.807) is 6.08 Å². The lowest BCUT2D eigenvalue weighted by Gasteiger charge is -2.15. The topological polar surface area (TPSA) is 44.8 Å². The predicted molar refractivity (Wildman–Crippen MR) is 70.3 cm³/mol. The number of esters is 1. The van der Waals surface area contributed by atoms with Crippen molar-refractivity contribution in [3.63, 3.8) is 0 Å². The molecule has 0 saturated carbocycles. The van der Waals surface area contributed by atoms with Crippen molar-refractivity contribution >= 4 is 5.97 Å². The molecular weight excluding hydrogens is 244 g/mol. The van der Waals surface area contributed by atoms with Crippen molar-refractivity contribution in [1.82, 2.24) is 0 Å². The Labute approximate surface area is 113 Å². The second-order valence-electron chi connectivity index (χ2n) is 4.82. The molecule has 0 unspecified atom stereocenters. The van der Waals surface area contributed by atoms with E-state index in [2.05, 4.69) is 0 Å². The van der Waals surface area contributed by atoms with Gasteiger partial charge in [-0.3, -0.25) is 0 Å². The average Bonchev–Trinajstić information content (AvgIpc) is 2.75. The monoisotopic (exact) mass is 262 g/mol. The smallest absolute Gasteiger partial charge is 0.330 e. The van der Waals surface area contributed by atoms with Gasteiger partial charge in [0.1, 0.15) is 12.7 Å². The summed E-state index contributed by atoms with van der Waals surface area (Å²) in [5.41, 5.74) is 0.964. The molecule has 1 aromatic carbocycles. The van der Waals surface area contributed by atoms with Crippen LogP contribution in [-0.2, 0) is 25.6 Å². The normalized spacial score (nSPS) is 21.7. The van der Waals surface area contributed by atoms with E-state index in [0.29, 0.717) is 6.61 Å². The van der Waals surface area contributed by atoms with Crippen molar-refractivity contribution in [3.05, 3.63) is 48.0 Å². The Balaban J connectivity index is 1.76. The van der Waals surface area contributed by atoms with Crippen molar-refractivity contribution in [3.8, 4) is 0 Å². The van der Waals surface area contributed by atoms with Crippen LogP contribution in [0, 0.1) is 0 Å².